The minimum atomic E-state index is -0.131. The number of hydrogen-bond acceptors (Lipinski definition) is 4. The smallest absolute Gasteiger partial charge is 0.127 e. The number of halogens is 1. The van der Waals surface area contributed by atoms with Gasteiger partial charge in [-0.15, -0.1) is 12.3 Å². The molecule has 2 aromatic carbocycles. The van der Waals surface area contributed by atoms with Crippen LogP contribution in [0.3, 0.4) is 0 Å². The summed E-state index contributed by atoms with van der Waals surface area (Å²) in [6, 6.07) is 14.7. The van der Waals surface area contributed by atoms with Gasteiger partial charge in [0.2, 0.25) is 0 Å². The van der Waals surface area contributed by atoms with Gasteiger partial charge in [0.25, 0.3) is 0 Å². The Morgan fingerprint density at radius 1 is 1.08 bits per heavy atom. The van der Waals surface area contributed by atoms with Crippen molar-refractivity contribution in [3.05, 3.63) is 59.4 Å². The Morgan fingerprint density at radius 3 is 2.70 bits per heavy atom. The molecule has 0 spiro atoms. The molecular formula is C32H39FN4. The van der Waals surface area contributed by atoms with Crippen LogP contribution in [-0.4, -0.2) is 44.8 Å². The van der Waals surface area contributed by atoms with E-state index in [1.165, 1.54) is 12.0 Å². The number of rotatable bonds is 10. The standard InChI is InChI=1S/C32H39FN4/c1-3-4-5-6-9-25-17-31-28(18-29(25)33)32(37-21-26-14-16-35-20-27(26)22-37)19-30(36-31)24-12-10-23(11-13-24)8-7-15-34-2/h1,10-13,17-19,26-27,34-35H,4-9,14-16,20-22H2,2H3. The van der Waals surface area contributed by atoms with E-state index >= 15 is 4.39 Å². The first-order chi connectivity index (χ1) is 18.2. The Labute approximate surface area is 221 Å². The van der Waals surface area contributed by atoms with E-state index in [-0.39, 0.29) is 5.82 Å². The first-order valence-electron chi connectivity index (χ1n) is 13.9. The number of aryl methyl sites for hydroxylation is 2. The number of terminal acetylenes is 1. The number of pyridine rings is 1. The van der Waals surface area contributed by atoms with Crippen LogP contribution < -0.4 is 15.5 Å². The highest BCUT2D eigenvalue weighted by Gasteiger charge is 2.35. The van der Waals surface area contributed by atoms with Crippen molar-refractivity contribution < 1.29 is 4.39 Å². The zero-order valence-corrected chi connectivity index (χ0v) is 22.0. The van der Waals surface area contributed by atoms with Gasteiger partial charge in [-0.1, -0.05) is 24.3 Å². The Kier molecular flexibility index (Phi) is 8.38. The highest BCUT2D eigenvalue weighted by atomic mass is 19.1. The molecule has 2 aliphatic heterocycles. The first-order valence-corrected chi connectivity index (χ1v) is 13.9. The van der Waals surface area contributed by atoms with Gasteiger partial charge in [-0.25, -0.2) is 9.37 Å². The van der Waals surface area contributed by atoms with E-state index in [9.17, 15) is 0 Å². The zero-order valence-electron chi connectivity index (χ0n) is 22.0. The molecule has 2 atom stereocenters. The molecule has 3 heterocycles. The second-order valence-corrected chi connectivity index (χ2v) is 10.7. The Morgan fingerprint density at radius 2 is 1.92 bits per heavy atom. The van der Waals surface area contributed by atoms with Gasteiger partial charge in [0.05, 0.1) is 11.2 Å². The summed E-state index contributed by atoms with van der Waals surface area (Å²) >= 11 is 0. The number of anilines is 1. The van der Waals surface area contributed by atoms with Crippen molar-refractivity contribution in [1.82, 2.24) is 15.6 Å². The normalized spacial score (nSPS) is 19.2. The highest BCUT2D eigenvalue weighted by molar-refractivity contribution is 5.95. The Bertz CT molecular complexity index is 1230. The lowest BCUT2D eigenvalue weighted by atomic mass is 9.90. The maximum absolute atomic E-state index is 15.3. The van der Waals surface area contributed by atoms with Gasteiger partial charge < -0.3 is 15.5 Å². The van der Waals surface area contributed by atoms with E-state index in [1.807, 2.05) is 13.1 Å². The first kappa shape index (κ1) is 25.7. The number of fused-ring (bicyclic) bond motifs is 2. The number of nitrogens with one attached hydrogen (secondary N) is 2. The van der Waals surface area contributed by atoms with Crippen LogP contribution in [-0.2, 0) is 12.8 Å². The fourth-order valence-corrected chi connectivity index (χ4v) is 6.00. The van der Waals surface area contributed by atoms with Crippen molar-refractivity contribution in [2.24, 2.45) is 11.8 Å². The summed E-state index contributed by atoms with van der Waals surface area (Å²) in [7, 11) is 1.99. The van der Waals surface area contributed by atoms with Crippen LogP contribution in [0.5, 0.6) is 0 Å². The lowest BCUT2D eigenvalue weighted by molar-refractivity contribution is 0.318. The summed E-state index contributed by atoms with van der Waals surface area (Å²) in [5, 5.41) is 7.69. The van der Waals surface area contributed by atoms with Crippen LogP contribution in [0, 0.1) is 30.0 Å². The van der Waals surface area contributed by atoms with E-state index in [4.69, 9.17) is 11.4 Å². The molecule has 2 aliphatic rings. The maximum atomic E-state index is 15.3. The number of unbranched alkanes of at least 4 members (excludes halogenated alkanes) is 2. The van der Waals surface area contributed by atoms with E-state index in [0.29, 0.717) is 18.3 Å². The average molecular weight is 499 g/mol. The number of piperidine rings is 1. The van der Waals surface area contributed by atoms with Crippen LogP contribution in [0.2, 0.25) is 0 Å². The largest absolute Gasteiger partial charge is 0.370 e. The topological polar surface area (TPSA) is 40.2 Å². The monoisotopic (exact) mass is 498 g/mol. The van der Waals surface area contributed by atoms with Gasteiger partial charge in [-0.3, -0.25) is 0 Å². The third-order valence-electron chi connectivity index (χ3n) is 8.13. The van der Waals surface area contributed by atoms with Crippen LogP contribution >= 0.6 is 0 Å². The molecule has 5 rings (SSSR count). The number of benzene rings is 2. The fourth-order valence-electron chi connectivity index (χ4n) is 6.00. The summed E-state index contributed by atoms with van der Waals surface area (Å²) in [5.41, 5.74) is 6.14. The quantitative estimate of drug-likeness (QED) is 0.283. The van der Waals surface area contributed by atoms with Gasteiger partial charge in [-0.2, -0.15) is 0 Å². The summed E-state index contributed by atoms with van der Waals surface area (Å²) in [6.45, 7) is 5.23. The zero-order chi connectivity index (χ0) is 25.6. The van der Waals surface area contributed by atoms with Crippen LogP contribution in [0.1, 0.15) is 43.2 Å². The number of hydrogen-bond donors (Lipinski definition) is 2. The molecule has 37 heavy (non-hydrogen) atoms. The third-order valence-corrected chi connectivity index (χ3v) is 8.13. The van der Waals surface area contributed by atoms with E-state index in [0.717, 1.165) is 98.2 Å². The summed E-state index contributed by atoms with van der Waals surface area (Å²) in [6.07, 6.45) is 12.0. The minimum absolute atomic E-state index is 0.131. The van der Waals surface area contributed by atoms with Gasteiger partial charge in [0, 0.05) is 36.1 Å². The number of aromatic nitrogens is 1. The lowest BCUT2D eigenvalue weighted by Gasteiger charge is -2.23. The second-order valence-electron chi connectivity index (χ2n) is 10.7. The van der Waals surface area contributed by atoms with Crippen LogP contribution in [0.4, 0.5) is 10.1 Å². The molecule has 2 unspecified atom stereocenters. The SMILES string of the molecule is C#CCCCCc1cc2nc(-c3ccc(CCCNC)cc3)cc(N3CC4CCNCC4C3)c2cc1F. The maximum Gasteiger partial charge on any atom is 0.127 e. The van der Waals surface area contributed by atoms with Gasteiger partial charge in [0.1, 0.15) is 5.82 Å². The highest BCUT2D eigenvalue weighted by Crippen LogP contribution is 2.38. The average Bonchev–Trinajstić information content (AvgIpc) is 3.36. The molecule has 3 aromatic rings. The van der Waals surface area contributed by atoms with Crippen molar-refractivity contribution in [3.8, 4) is 23.6 Å². The predicted octanol–water partition coefficient (Wildman–Crippen LogP) is 5.58. The minimum Gasteiger partial charge on any atom is -0.370 e. The van der Waals surface area contributed by atoms with E-state index in [1.54, 1.807) is 6.07 Å². The molecule has 194 valence electrons. The van der Waals surface area contributed by atoms with Crippen LogP contribution in [0.25, 0.3) is 22.2 Å². The van der Waals surface area contributed by atoms with Crippen molar-refractivity contribution >= 4 is 16.6 Å². The van der Waals surface area contributed by atoms with Crippen molar-refractivity contribution in [2.45, 2.75) is 44.9 Å². The van der Waals surface area contributed by atoms with Crippen molar-refractivity contribution in [2.75, 3.05) is 44.7 Å². The molecule has 1 aromatic heterocycles. The molecule has 0 aliphatic carbocycles. The van der Waals surface area contributed by atoms with E-state index in [2.05, 4.69) is 51.8 Å². The molecule has 2 saturated heterocycles. The second kappa shape index (κ2) is 12.1. The molecule has 5 heteroatoms. The molecule has 0 amide bonds. The summed E-state index contributed by atoms with van der Waals surface area (Å²) in [4.78, 5) is 7.55. The molecule has 0 radical (unpaired) electrons. The Hall–Kier alpha value is -2.94. The number of nitrogens with zero attached hydrogens (tertiary/aromatic N) is 2. The van der Waals surface area contributed by atoms with Gasteiger partial charge in [-0.05, 0) is 106 Å². The van der Waals surface area contributed by atoms with Crippen LogP contribution in [0.15, 0.2) is 42.5 Å². The predicted molar refractivity (Wildman–Crippen MR) is 152 cm³/mol. The van der Waals surface area contributed by atoms with Crippen molar-refractivity contribution in [1.29, 1.82) is 0 Å². The van der Waals surface area contributed by atoms with Gasteiger partial charge in [0.15, 0.2) is 0 Å². The van der Waals surface area contributed by atoms with E-state index < -0.39 is 0 Å². The molecule has 2 N–H and O–H groups in total. The van der Waals surface area contributed by atoms with Gasteiger partial charge >= 0.3 is 0 Å². The molecule has 0 saturated carbocycles. The lowest BCUT2D eigenvalue weighted by Crippen LogP contribution is -2.35. The fraction of sp³-hybridized carbons (Fsp3) is 0.469. The third kappa shape index (κ3) is 5.98. The molecular weight excluding hydrogens is 459 g/mol. The molecule has 0 bridgehead atoms. The molecule has 2 fully saturated rings. The summed E-state index contributed by atoms with van der Waals surface area (Å²) < 4.78 is 15.3. The molecule has 4 nitrogen and oxygen atoms in total. The van der Waals surface area contributed by atoms with Crippen molar-refractivity contribution in [3.63, 3.8) is 0 Å². The Balaban J connectivity index is 1.50. The summed E-state index contributed by atoms with van der Waals surface area (Å²) in [5.74, 6) is 3.90.